The molecular formula is C19H24N4O2. The SMILES string of the molecule is CN1CC[C@H]2CN(C(=O)CCCn3cnc4ccccc4c3=O)C[C@H]21. The number of amides is 1. The minimum atomic E-state index is -0.0321. The summed E-state index contributed by atoms with van der Waals surface area (Å²) < 4.78 is 1.61. The van der Waals surface area contributed by atoms with Gasteiger partial charge in [-0.2, -0.15) is 0 Å². The summed E-state index contributed by atoms with van der Waals surface area (Å²) in [5, 5.41) is 0.631. The van der Waals surface area contributed by atoms with Crippen LogP contribution in [0, 0.1) is 5.92 Å². The largest absolute Gasteiger partial charge is 0.341 e. The van der Waals surface area contributed by atoms with Gasteiger partial charge in [-0.05, 0) is 44.5 Å². The van der Waals surface area contributed by atoms with Crippen LogP contribution in [-0.2, 0) is 11.3 Å². The number of likely N-dealkylation sites (tertiary alicyclic amines) is 2. The van der Waals surface area contributed by atoms with Gasteiger partial charge in [0.05, 0.1) is 17.2 Å². The molecule has 0 aliphatic carbocycles. The predicted octanol–water partition coefficient (Wildman–Crippen LogP) is 1.34. The summed E-state index contributed by atoms with van der Waals surface area (Å²) in [5.41, 5.74) is 0.683. The molecule has 1 aromatic carbocycles. The number of para-hydroxylation sites is 1. The zero-order chi connectivity index (χ0) is 17.4. The summed E-state index contributed by atoms with van der Waals surface area (Å²) in [4.78, 5) is 33.6. The molecule has 1 aromatic heterocycles. The van der Waals surface area contributed by atoms with Crippen molar-refractivity contribution in [1.29, 1.82) is 0 Å². The Balaban J connectivity index is 1.34. The van der Waals surface area contributed by atoms with E-state index in [1.54, 1.807) is 17.0 Å². The first-order valence-corrected chi connectivity index (χ1v) is 9.05. The van der Waals surface area contributed by atoms with E-state index in [2.05, 4.69) is 16.9 Å². The molecule has 0 spiro atoms. The number of aryl methyl sites for hydroxylation is 1. The molecule has 2 aliphatic heterocycles. The lowest BCUT2D eigenvalue weighted by Crippen LogP contribution is -2.35. The van der Waals surface area contributed by atoms with Gasteiger partial charge in [-0.25, -0.2) is 4.98 Å². The van der Waals surface area contributed by atoms with E-state index in [0.717, 1.165) is 19.6 Å². The van der Waals surface area contributed by atoms with E-state index in [1.165, 1.54) is 6.42 Å². The Hall–Kier alpha value is -2.21. The molecule has 25 heavy (non-hydrogen) atoms. The summed E-state index contributed by atoms with van der Waals surface area (Å²) >= 11 is 0. The maximum Gasteiger partial charge on any atom is 0.261 e. The topological polar surface area (TPSA) is 58.4 Å². The summed E-state index contributed by atoms with van der Waals surface area (Å²) in [6.45, 7) is 3.43. The third-order valence-electron chi connectivity index (χ3n) is 5.70. The molecule has 0 bridgehead atoms. The van der Waals surface area contributed by atoms with Crippen molar-refractivity contribution in [2.24, 2.45) is 5.92 Å². The van der Waals surface area contributed by atoms with Gasteiger partial charge in [0.15, 0.2) is 0 Å². The number of benzene rings is 1. The molecule has 132 valence electrons. The number of rotatable bonds is 4. The van der Waals surface area contributed by atoms with E-state index in [1.807, 2.05) is 23.1 Å². The van der Waals surface area contributed by atoms with E-state index in [0.29, 0.717) is 42.2 Å². The van der Waals surface area contributed by atoms with Crippen LogP contribution in [-0.4, -0.2) is 58.0 Å². The molecule has 0 saturated carbocycles. The fourth-order valence-corrected chi connectivity index (χ4v) is 4.20. The third-order valence-corrected chi connectivity index (χ3v) is 5.70. The van der Waals surface area contributed by atoms with Crippen LogP contribution in [0.4, 0.5) is 0 Å². The Morgan fingerprint density at radius 1 is 1.28 bits per heavy atom. The molecule has 2 atom stereocenters. The Bertz CT molecular complexity index is 847. The zero-order valence-corrected chi connectivity index (χ0v) is 14.6. The van der Waals surface area contributed by atoms with Gasteiger partial charge in [0.2, 0.25) is 5.91 Å². The second-order valence-corrected chi connectivity index (χ2v) is 7.26. The van der Waals surface area contributed by atoms with Crippen LogP contribution in [0.5, 0.6) is 0 Å². The summed E-state index contributed by atoms with van der Waals surface area (Å²) in [6, 6.07) is 7.90. The lowest BCUT2D eigenvalue weighted by Gasteiger charge is -2.20. The number of hydrogen-bond acceptors (Lipinski definition) is 4. The number of nitrogens with zero attached hydrogens (tertiary/aromatic N) is 4. The highest BCUT2D eigenvalue weighted by Crippen LogP contribution is 2.30. The zero-order valence-electron chi connectivity index (χ0n) is 14.6. The maximum atomic E-state index is 12.5. The fourth-order valence-electron chi connectivity index (χ4n) is 4.20. The Kier molecular flexibility index (Phi) is 4.29. The lowest BCUT2D eigenvalue weighted by molar-refractivity contribution is -0.130. The maximum absolute atomic E-state index is 12.5. The van der Waals surface area contributed by atoms with Crippen molar-refractivity contribution in [3.8, 4) is 0 Å². The number of fused-ring (bicyclic) bond motifs is 2. The predicted molar refractivity (Wildman–Crippen MR) is 96.3 cm³/mol. The van der Waals surface area contributed by atoms with Crippen molar-refractivity contribution in [2.45, 2.75) is 31.8 Å². The van der Waals surface area contributed by atoms with Gasteiger partial charge in [0.1, 0.15) is 0 Å². The average molecular weight is 340 g/mol. The van der Waals surface area contributed by atoms with Crippen LogP contribution in [0.3, 0.4) is 0 Å². The summed E-state index contributed by atoms with van der Waals surface area (Å²) in [6.07, 6.45) is 3.94. The van der Waals surface area contributed by atoms with Crippen LogP contribution in [0.2, 0.25) is 0 Å². The smallest absolute Gasteiger partial charge is 0.261 e. The van der Waals surface area contributed by atoms with E-state index >= 15 is 0 Å². The lowest BCUT2D eigenvalue weighted by atomic mass is 10.1. The number of carbonyl (C=O) groups is 1. The van der Waals surface area contributed by atoms with Gasteiger partial charge >= 0.3 is 0 Å². The van der Waals surface area contributed by atoms with Gasteiger partial charge in [-0.3, -0.25) is 14.2 Å². The van der Waals surface area contributed by atoms with Crippen LogP contribution >= 0.6 is 0 Å². The van der Waals surface area contributed by atoms with E-state index < -0.39 is 0 Å². The standard InChI is InChI=1S/C19H24N4O2/c1-21-10-8-14-11-23(12-17(14)21)18(24)7-4-9-22-13-20-16-6-3-2-5-15(16)19(22)25/h2-3,5-6,13-14,17H,4,7-12H2,1H3/t14-,17+/m0/s1. The fraction of sp³-hybridized carbons (Fsp3) is 0.526. The quantitative estimate of drug-likeness (QED) is 0.843. The molecule has 6 nitrogen and oxygen atoms in total. The van der Waals surface area contributed by atoms with E-state index in [-0.39, 0.29) is 11.5 Å². The average Bonchev–Trinajstić information content (AvgIpc) is 3.19. The van der Waals surface area contributed by atoms with Crippen molar-refractivity contribution in [3.05, 3.63) is 40.9 Å². The molecule has 6 heteroatoms. The molecule has 3 heterocycles. The molecule has 2 aromatic rings. The van der Waals surface area contributed by atoms with Gasteiger partial charge < -0.3 is 9.80 Å². The van der Waals surface area contributed by atoms with Gasteiger partial charge in [0.25, 0.3) is 5.56 Å². The van der Waals surface area contributed by atoms with Crippen molar-refractivity contribution in [3.63, 3.8) is 0 Å². The van der Waals surface area contributed by atoms with Crippen molar-refractivity contribution >= 4 is 16.8 Å². The number of carbonyl (C=O) groups excluding carboxylic acids is 1. The first-order chi connectivity index (χ1) is 12.1. The Morgan fingerprint density at radius 2 is 2.12 bits per heavy atom. The van der Waals surface area contributed by atoms with Crippen LogP contribution < -0.4 is 5.56 Å². The Morgan fingerprint density at radius 3 is 2.96 bits per heavy atom. The minimum absolute atomic E-state index is 0.0321. The normalized spacial score (nSPS) is 23.3. The van der Waals surface area contributed by atoms with Crippen molar-refractivity contribution in [2.75, 3.05) is 26.7 Å². The van der Waals surface area contributed by atoms with Gasteiger partial charge in [0, 0.05) is 32.1 Å². The first kappa shape index (κ1) is 16.3. The van der Waals surface area contributed by atoms with Gasteiger partial charge in [-0.15, -0.1) is 0 Å². The minimum Gasteiger partial charge on any atom is -0.341 e. The van der Waals surface area contributed by atoms with Crippen LogP contribution in [0.25, 0.3) is 10.9 Å². The second-order valence-electron chi connectivity index (χ2n) is 7.26. The molecule has 0 unspecified atom stereocenters. The highest BCUT2D eigenvalue weighted by Gasteiger charge is 2.40. The molecule has 2 fully saturated rings. The number of aromatic nitrogens is 2. The second kappa shape index (κ2) is 6.59. The van der Waals surface area contributed by atoms with Crippen molar-refractivity contribution < 1.29 is 4.79 Å². The molecule has 4 rings (SSSR count). The van der Waals surface area contributed by atoms with E-state index in [4.69, 9.17) is 0 Å². The molecule has 2 aliphatic rings. The van der Waals surface area contributed by atoms with Crippen LogP contribution in [0.1, 0.15) is 19.3 Å². The Labute approximate surface area is 147 Å². The first-order valence-electron chi connectivity index (χ1n) is 9.05. The van der Waals surface area contributed by atoms with Gasteiger partial charge in [-0.1, -0.05) is 12.1 Å². The van der Waals surface area contributed by atoms with Crippen LogP contribution in [0.15, 0.2) is 35.4 Å². The summed E-state index contributed by atoms with van der Waals surface area (Å²) in [7, 11) is 2.15. The number of likely N-dealkylation sites (N-methyl/N-ethyl adjacent to an activating group) is 1. The molecule has 0 N–H and O–H groups in total. The molecule has 1 amide bonds. The van der Waals surface area contributed by atoms with E-state index in [9.17, 15) is 9.59 Å². The highest BCUT2D eigenvalue weighted by molar-refractivity contribution is 5.77. The third kappa shape index (κ3) is 3.06. The number of hydrogen-bond donors (Lipinski definition) is 0. The van der Waals surface area contributed by atoms with Crippen molar-refractivity contribution in [1.82, 2.24) is 19.4 Å². The highest BCUT2D eigenvalue weighted by atomic mass is 16.2. The molecular weight excluding hydrogens is 316 g/mol. The summed E-state index contributed by atoms with van der Waals surface area (Å²) in [5.74, 6) is 0.853. The monoisotopic (exact) mass is 340 g/mol. The molecule has 0 radical (unpaired) electrons. The molecule has 2 saturated heterocycles.